The smallest absolute Gasteiger partial charge is 0.0731 e. The van der Waals surface area contributed by atoms with E-state index in [-0.39, 0.29) is 0 Å². The first kappa shape index (κ1) is 13.8. The third-order valence-electron chi connectivity index (χ3n) is 4.16. The lowest BCUT2D eigenvalue weighted by Gasteiger charge is -2.34. The van der Waals surface area contributed by atoms with Crippen LogP contribution in [0.3, 0.4) is 0 Å². The molecule has 0 radical (unpaired) electrons. The molecule has 0 aliphatic heterocycles. The molecule has 1 aliphatic rings. The zero-order valence-corrected chi connectivity index (χ0v) is 13.3. The van der Waals surface area contributed by atoms with Gasteiger partial charge in [-0.2, -0.15) is 0 Å². The molecular weight excluding hydrogens is 312 g/mol. The number of hydrogen-bond acceptors (Lipinski definition) is 1. The maximum atomic E-state index is 10.9. The lowest BCUT2D eigenvalue weighted by molar-refractivity contribution is 0.0267. The van der Waals surface area contributed by atoms with Gasteiger partial charge in [0.25, 0.3) is 0 Å². The van der Waals surface area contributed by atoms with Gasteiger partial charge in [0.2, 0.25) is 0 Å². The van der Waals surface area contributed by atoms with Gasteiger partial charge in [0.15, 0.2) is 0 Å². The van der Waals surface area contributed by atoms with E-state index in [1.54, 1.807) is 0 Å². The summed E-state index contributed by atoms with van der Waals surface area (Å²) >= 11 is 3.52. The third kappa shape index (κ3) is 2.97. The Labute approximate surface area is 128 Å². The van der Waals surface area contributed by atoms with E-state index in [2.05, 4.69) is 65.3 Å². The van der Waals surface area contributed by atoms with Crippen LogP contribution in [0.4, 0.5) is 0 Å². The molecule has 1 N–H and O–H groups in total. The highest BCUT2D eigenvalue weighted by molar-refractivity contribution is 9.10. The fourth-order valence-corrected chi connectivity index (χ4v) is 3.57. The summed E-state index contributed by atoms with van der Waals surface area (Å²) in [5.74, 6) is 0. The van der Waals surface area contributed by atoms with E-state index in [0.717, 1.165) is 30.2 Å². The molecule has 0 aromatic heterocycles. The number of halogens is 1. The molecule has 3 rings (SSSR count). The van der Waals surface area contributed by atoms with Crippen LogP contribution in [0, 0.1) is 6.92 Å². The number of rotatable bonds is 2. The van der Waals surface area contributed by atoms with Crippen LogP contribution in [0.5, 0.6) is 0 Å². The molecule has 20 heavy (non-hydrogen) atoms. The average Bonchev–Trinajstić information content (AvgIpc) is 2.39. The van der Waals surface area contributed by atoms with Crippen molar-refractivity contribution in [3.8, 4) is 0 Å². The predicted molar refractivity (Wildman–Crippen MR) is 86.0 cm³/mol. The van der Waals surface area contributed by atoms with Crippen molar-refractivity contribution in [1.29, 1.82) is 0 Å². The van der Waals surface area contributed by atoms with Gasteiger partial charge in [-0.05, 0) is 48.6 Å². The number of fused-ring (bicyclic) bond motifs is 1. The van der Waals surface area contributed by atoms with Crippen molar-refractivity contribution in [2.45, 2.75) is 38.2 Å². The summed E-state index contributed by atoms with van der Waals surface area (Å²) in [5, 5.41) is 10.9. The zero-order chi connectivity index (χ0) is 14.2. The molecule has 1 aliphatic carbocycles. The highest BCUT2D eigenvalue weighted by atomic mass is 79.9. The second-order valence-electron chi connectivity index (χ2n) is 5.98. The maximum absolute atomic E-state index is 10.9. The Morgan fingerprint density at radius 1 is 1.15 bits per heavy atom. The third-order valence-corrected chi connectivity index (χ3v) is 4.66. The molecule has 104 valence electrons. The standard InChI is InChI=1S/C18H19BrO/c1-13-3-2-4-14(9-13)11-18(20)8-7-15-10-17(19)6-5-16(15)12-18/h2-6,9-10,20H,7-8,11-12H2,1H3. The van der Waals surface area contributed by atoms with E-state index in [1.807, 2.05) is 0 Å². The molecule has 2 aromatic rings. The first-order valence-electron chi connectivity index (χ1n) is 7.09. The Balaban J connectivity index is 1.82. The van der Waals surface area contributed by atoms with Crippen LogP contribution >= 0.6 is 15.9 Å². The van der Waals surface area contributed by atoms with Crippen molar-refractivity contribution in [2.75, 3.05) is 0 Å². The number of benzene rings is 2. The highest BCUT2D eigenvalue weighted by Crippen LogP contribution is 2.33. The van der Waals surface area contributed by atoms with Gasteiger partial charge in [0, 0.05) is 17.3 Å². The zero-order valence-electron chi connectivity index (χ0n) is 11.7. The van der Waals surface area contributed by atoms with Gasteiger partial charge in [-0.25, -0.2) is 0 Å². The van der Waals surface area contributed by atoms with Gasteiger partial charge in [-0.1, -0.05) is 51.8 Å². The SMILES string of the molecule is Cc1cccc(CC2(O)CCc3cc(Br)ccc3C2)c1. The predicted octanol–water partition coefficient (Wildman–Crippen LogP) is 4.22. The molecular formula is C18H19BrO. The monoisotopic (exact) mass is 330 g/mol. The van der Waals surface area contributed by atoms with Crippen LogP contribution in [0.1, 0.15) is 28.7 Å². The van der Waals surface area contributed by atoms with Crippen LogP contribution in [0.15, 0.2) is 46.9 Å². The Morgan fingerprint density at radius 2 is 2.00 bits per heavy atom. The second kappa shape index (κ2) is 5.34. The molecule has 0 amide bonds. The summed E-state index contributed by atoms with van der Waals surface area (Å²) in [4.78, 5) is 0. The molecule has 1 atom stereocenters. The summed E-state index contributed by atoms with van der Waals surface area (Å²) in [5.41, 5.74) is 4.54. The number of aryl methyl sites for hydroxylation is 2. The molecule has 2 aromatic carbocycles. The molecule has 0 saturated carbocycles. The van der Waals surface area contributed by atoms with Crippen LogP contribution in [-0.4, -0.2) is 10.7 Å². The lowest BCUT2D eigenvalue weighted by atomic mass is 9.77. The van der Waals surface area contributed by atoms with Crippen molar-refractivity contribution in [1.82, 2.24) is 0 Å². The average molecular weight is 331 g/mol. The largest absolute Gasteiger partial charge is 0.389 e. The van der Waals surface area contributed by atoms with E-state index < -0.39 is 5.60 Å². The molecule has 1 nitrogen and oxygen atoms in total. The van der Waals surface area contributed by atoms with Crippen molar-refractivity contribution in [2.24, 2.45) is 0 Å². The molecule has 0 spiro atoms. The van der Waals surface area contributed by atoms with Crippen LogP contribution in [0.2, 0.25) is 0 Å². The first-order valence-corrected chi connectivity index (χ1v) is 7.89. The fourth-order valence-electron chi connectivity index (χ4n) is 3.16. The van der Waals surface area contributed by atoms with E-state index in [9.17, 15) is 5.11 Å². The Morgan fingerprint density at radius 3 is 2.80 bits per heavy atom. The van der Waals surface area contributed by atoms with E-state index in [4.69, 9.17) is 0 Å². The van der Waals surface area contributed by atoms with E-state index in [0.29, 0.717) is 0 Å². The maximum Gasteiger partial charge on any atom is 0.0731 e. The van der Waals surface area contributed by atoms with Gasteiger partial charge >= 0.3 is 0 Å². The summed E-state index contributed by atoms with van der Waals surface area (Å²) < 4.78 is 1.13. The van der Waals surface area contributed by atoms with Crippen molar-refractivity contribution in [3.05, 3.63) is 69.2 Å². The van der Waals surface area contributed by atoms with Crippen molar-refractivity contribution >= 4 is 15.9 Å². The molecule has 0 saturated heterocycles. The summed E-state index contributed by atoms with van der Waals surface area (Å²) in [6.45, 7) is 2.10. The lowest BCUT2D eigenvalue weighted by Crippen LogP contribution is -2.38. The van der Waals surface area contributed by atoms with Crippen LogP contribution in [0.25, 0.3) is 0 Å². The second-order valence-corrected chi connectivity index (χ2v) is 6.90. The topological polar surface area (TPSA) is 20.2 Å². The summed E-state index contributed by atoms with van der Waals surface area (Å²) in [6.07, 6.45) is 3.29. The quantitative estimate of drug-likeness (QED) is 0.874. The molecule has 2 heteroatoms. The van der Waals surface area contributed by atoms with Gasteiger partial charge in [0.1, 0.15) is 0 Å². The van der Waals surface area contributed by atoms with Crippen molar-refractivity contribution in [3.63, 3.8) is 0 Å². The first-order chi connectivity index (χ1) is 9.54. The minimum atomic E-state index is -0.603. The van der Waals surface area contributed by atoms with Crippen LogP contribution in [-0.2, 0) is 19.3 Å². The summed E-state index contributed by atoms with van der Waals surface area (Å²) in [6, 6.07) is 14.8. The molecule has 1 unspecified atom stereocenters. The molecule has 0 fully saturated rings. The van der Waals surface area contributed by atoms with Gasteiger partial charge in [-0.15, -0.1) is 0 Å². The summed E-state index contributed by atoms with van der Waals surface area (Å²) in [7, 11) is 0. The normalized spacial score (nSPS) is 21.6. The number of hydrogen-bond donors (Lipinski definition) is 1. The Hall–Kier alpha value is -1.12. The Kier molecular flexibility index (Phi) is 3.70. The van der Waals surface area contributed by atoms with E-state index in [1.165, 1.54) is 22.3 Å². The highest BCUT2D eigenvalue weighted by Gasteiger charge is 2.32. The Bertz CT molecular complexity index is 635. The van der Waals surface area contributed by atoms with E-state index >= 15 is 0 Å². The van der Waals surface area contributed by atoms with Crippen LogP contribution < -0.4 is 0 Å². The fraction of sp³-hybridized carbons (Fsp3) is 0.333. The minimum absolute atomic E-state index is 0.603. The minimum Gasteiger partial charge on any atom is -0.389 e. The van der Waals surface area contributed by atoms with Gasteiger partial charge < -0.3 is 5.11 Å². The van der Waals surface area contributed by atoms with Gasteiger partial charge in [0.05, 0.1) is 5.60 Å². The molecule has 0 bridgehead atoms. The van der Waals surface area contributed by atoms with Crippen molar-refractivity contribution < 1.29 is 5.11 Å². The number of aliphatic hydroxyl groups is 1. The molecule has 0 heterocycles. The van der Waals surface area contributed by atoms with Gasteiger partial charge in [-0.3, -0.25) is 0 Å².